The van der Waals surface area contributed by atoms with E-state index in [-0.39, 0.29) is 0 Å². The molecule has 1 aliphatic rings. The fourth-order valence-corrected chi connectivity index (χ4v) is 4.17. The van der Waals surface area contributed by atoms with Gasteiger partial charge < -0.3 is 19.8 Å². The summed E-state index contributed by atoms with van der Waals surface area (Å²) in [7, 11) is 3.52. The minimum atomic E-state index is 0.311. The van der Waals surface area contributed by atoms with Gasteiger partial charge in [-0.2, -0.15) is 0 Å². The predicted molar refractivity (Wildman–Crippen MR) is 125 cm³/mol. The molecule has 1 saturated heterocycles. The molecular weight excluding hydrogens is 388 g/mol. The minimum absolute atomic E-state index is 0.311. The Bertz CT molecular complexity index is 958. The number of pyridine rings is 1. The number of aromatic nitrogens is 2. The van der Waals surface area contributed by atoms with Crippen LogP contribution in [0.2, 0.25) is 0 Å². The highest BCUT2D eigenvalue weighted by atomic mass is 16.5. The molecule has 1 unspecified atom stereocenters. The number of nitrogens with zero attached hydrogens (tertiary/aromatic N) is 4. The summed E-state index contributed by atoms with van der Waals surface area (Å²) in [5, 5.41) is 6.96. The number of hydrogen-bond donors (Lipinski definition) is 2. The molecule has 1 aliphatic heterocycles. The molecule has 4 rings (SSSR count). The maximum Gasteiger partial charge on any atom is 0.191 e. The molecule has 3 heterocycles. The van der Waals surface area contributed by atoms with E-state index < -0.39 is 0 Å². The number of guanidine groups is 1. The van der Waals surface area contributed by atoms with Gasteiger partial charge in [-0.25, -0.2) is 4.98 Å². The number of rotatable bonds is 8. The van der Waals surface area contributed by atoms with Crippen LogP contribution < -0.4 is 15.4 Å². The summed E-state index contributed by atoms with van der Waals surface area (Å²) in [6.45, 7) is 3.86. The van der Waals surface area contributed by atoms with Gasteiger partial charge in [0, 0.05) is 39.0 Å². The molecule has 0 amide bonds. The molecule has 164 valence electrons. The van der Waals surface area contributed by atoms with E-state index in [4.69, 9.17) is 4.74 Å². The van der Waals surface area contributed by atoms with Crippen molar-refractivity contribution in [2.24, 2.45) is 4.99 Å². The molecule has 0 radical (unpaired) electrons. The Balaban J connectivity index is 1.33. The van der Waals surface area contributed by atoms with Crippen molar-refractivity contribution in [2.75, 3.05) is 40.3 Å². The highest BCUT2D eigenvalue weighted by molar-refractivity contribution is 5.79. The van der Waals surface area contributed by atoms with Crippen LogP contribution in [0.3, 0.4) is 0 Å². The normalized spacial score (nSPS) is 15.9. The zero-order chi connectivity index (χ0) is 21.5. The van der Waals surface area contributed by atoms with Crippen LogP contribution in [-0.2, 0) is 6.42 Å². The second-order valence-corrected chi connectivity index (χ2v) is 7.86. The molecule has 1 atom stereocenters. The molecule has 2 N–H and O–H groups in total. The monoisotopic (exact) mass is 420 g/mol. The van der Waals surface area contributed by atoms with Crippen LogP contribution in [0, 0.1) is 0 Å². The van der Waals surface area contributed by atoms with E-state index >= 15 is 0 Å². The van der Waals surface area contributed by atoms with Crippen LogP contribution in [0.5, 0.6) is 5.75 Å². The summed E-state index contributed by atoms with van der Waals surface area (Å²) in [5.41, 5.74) is 3.35. The van der Waals surface area contributed by atoms with Crippen molar-refractivity contribution < 1.29 is 4.74 Å². The fraction of sp³-hybridized carbons (Fsp3) is 0.417. The van der Waals surface area contributed by atoms with Gasteiger partial charge in [-0.05, 0) is 55.8 Å². The summed E-state index contributed by atoms with van der Waals surface area (Å²) in [6.07, 6.45) is 7.48. The second kappa shape index (κ2) is 10.3. The van der Waals surface area contributed by atoms with E-state index in [1.165, 1.54) is 18.4 Å². The third-order valence-corrected chi connectivity index (χ3v) is 5.86. The summed E-state index contributed by atoms with van der Waals surface area (Å²) in [6, 6.07) is 14.8. The quantitative estimate of drug-likeness (QED) is 0.433. The van der Waals surface area contributed by atoms with Crippen LogP contribution in [0.25, 0.3) is 5.65 Å². The summed E-state index contributed by atoms with van der Waals surface area (Å²) < 4.78 is 7.38. The Kier molecular flexibility index (Phi) is 7.04. The van der Waals surface area contributed by atoms with Crippen LogP contribution in [0.15, 0.2) is 59.9 Å². The largest absolute Gasteiger partial charge is 0.497 e. The van der Waals surface area contributed by atoms with Gasteiger partial charge in [-0.1, -0.05) is 18.2 Å². The number of hydrogen-bond acceptors (Lipinski definition) is 4. The lowest BCUT2D eigenvalue weighted by Crippen LogP contribution is -2.43. The number of methoxy groups -OCH3 is 1. The van der Waals surface area contributed by atoms with E-state index in [2.05, 4.69) is 48.2 Å². The van der Waals surface area contributed by atoms with Gasteiger partial charge in [0.15, 0.2) is 5.96 Å². The molecule has 1 fully saturated rings. The van der Waals surface area contributed by atoms with Crippen molar-refractivity contribution in [2.45, 2.75) is 25.3 Å². The first kappa shape index (κ1) is 21.2. The molecule has 7 heteroatoms. The molecule has 7 nitrogen and oxygen atoms in total. The molecule has 0 bridgehead atoms. The first-order valence-electron chi connectivity index (χ1n) is 11.0. The standard InChI is InChI=1S/C24H32N6O/c1-25-24(26-13-12-20-18-30-16-4-3-7-23(30)28-20)27-17-22(29-14-5-6-15-29)19-8-10-21(31-2)11-9-19/h3-4,7-11,16,18,22H,5-6,12-15,17H2,1-2H3,(H2,25,26,27). The third-order valence-electron chi connectivity index (χ3n) is 5.86. The van der Waals surface area contributed by atoms with Gasteiger partial charge in [0.05, 0.1) is 18.8 Å². The molecule has 0 saturated carbocycles. The molecule has 2 aromatic heterocycles. The van der Waals surface area contributed by atoms with Crippen molar-refractivity contribution in [3.8, 4) is 5.75 Å². The van der Waals surface area contributed by atoms with E-state index in [0.717, 1.165) is 55.7 Å². The van der Waals surface area contributed by atoms with Crippen LogP contribution >= 0.6 is 0 Å². The summed E-state index contributed by atoms with van der Waals surface area (Å²) in [4.78, 5) is 11.6. The first-order valence-corrected chi connectivity index (χ1v) is 11.0. The number of fused-ring (bicyclic) bond motifs is 1. The zero-order valence-corrected chi connectivity index (χ0v) is 18.4. The third kappa shape index (κ3) is 5.35. The molecule has 31 heavy (non-hydrogen) atoms. The van der Waals surface area contributed by atoms with Crippen molar-refractivity contribution >= 4 is 11.6 Å². The predicted octanol–water partition coefficient (Wildman–Crippen LogP) is 2.89. The Morgan fingerprint density at radius 1 is 1.13 bits per heavy atom. The van der Waals surface area contributed by atoms with Crippen molar-refractivity contribution in [3.05, 3.63) is 66.1 Å². The van der Waals surface area contributed by atoms with Crippen molar-refractivity contribution in [1.82, 2.24) is 24.9 Å². The first-order chi connectivity index (χ1) is 15.3. The average molecular weight is 421 g/mol. The van der Waals surface area contributed by atoms with Gasteiger partial charge >= 0.3 is 0 Å². The average Bonchev–Trinajstić information content (AvgIpc) is 3.48. The van der Waals surface area contributed by atoms with Gasteiger partial charge in [0.1, 0.15) is 11.4 Å². The number of ether oxygens (including phenoxy) is 1. The van der Waals surface area contributed by atoms with Crippen LogP contribution in [0.4, 0.5) is 0 Å². The number of aliphatic imine (C=N–C) groups is 1. The van der Waals surface area contributed by atoms with E-state index in [1.54, 1.807) is 7.11 Å². The van der Waals surface area contributed by atoms with Crippen LogP contribution in [-0.4, -0.2) is 60.6 Å². The molecule has 3 aromatic rings. The zero-order valence-electron chi connectivity index (χ0n) is 18.4. The fourth-order valence-electron chi connectivity index (χ4n) is 4.17. The molecule has 1 aromatic carbocycles. The lowest BCUT2D eigenvalue weighted by atomic mass is 10.1. The lowest BCUT2D eigenvalue weighted by molar-refractivity contribution is 0.245. The van der Waals surface area contributed by atoms with Gasteiger partial charge in [-0.15, -0.1) is 0 Å². The smallest absolute Gasteiger partial charge is 0.191 e. The van der Waals surface area contributed by atoms with E-state index in [1.807, 2.05) is 43.6 Å². The van der Waals surface area contributed by atoms with Gasteiger partial charge in [-0.3, -0.25) is 9.89 Å². The van der Waals surface area contributed by atoms with Crippen molar-refractivity contribution in [3.63, 3.8) is 0 Å². The maximum absolute atomic E-state index is 5.33. The molecule has 0 spiro atoms. The topological polar surface area (TPSA) is 66.2 Å². The van der Waals surface area contributed by atoms with Gasteiger partial charge in [0.25, 0.3) is 0 Å². The Hall–Kier alpha value is -3.06. The lowest BCUT2D eigenvalue weighted by Gasteiger charge is -2.29. The SMILES string of the molecule is CN=C(NCCc1cn2ccccc2n1)NCC(c1ccc(OC)cc1)N1CCCC1. The summed E-state index contributed by atoms with van der Waals surface area (Å²) in [5.74, 6) is 1.71. The van der Waals surface area contributed by atoms with E-state index in [9.17, 15) is 0 Å². The number of imidazole rings is 1. The number of likely N-dealkylation sites (tertiary alicyclic amines) is 1. The second-order valence-electron chi connectivity index (χ2n) is 7.86. The summed E-state index contributed by atoms with van der Waals surface area (Å²) >= 11 is 0. The Morgan fingerprint density at radius 2 is 1.94 bits per heavy atom. The number of nitrogens with one attached hydrogen (secondary N) is 2. The van der Waals surface area contributed by atoms with Crippen LogP contribution in [0.1, 0.15) is 30.1 Å². The minimum Gasteiger partial charge on any atom is -0.497 e. The highest BCUT2D eigenvalue weighted by Gasteiger charge is 2.23. The maximum atomic E-state index is 5.33. The molecule has 0 aliphatic carbocycles. The Morgan fingerprint density at radius 3 is 2.65 bits per heavy atom. The Labute approximate surface area is 184 Å². The van der Waals surface area contributed by atoms with Crippen molar-refractivity contribution in [1.29, 1.82) is 0 Å². The molecular formula is C24H32N6O. The number of benzene rings is 1. The van der Waals surface area contributed by atoms with Gasteiger partial charge in [0.2, 0.25) is 0 Å². The van der Waals surface area contributed by atoms with E-state index in [0.29, 0.717) is 6.04 Å². The highest BCUT2D eigenvalue weighted by Crippen LogP contribution is 2.26.